The van der Waals surface area contributed by atoms with Crippen LogP contribution in [0.3, 0.4) is 0 Å². The van der Waals surface area contributed by atoms with Crippen LogP contribution in [0.15, 0.2) is 71.6 Å². The number of sulfonamides is 1. The number of rotatable bonds is 10. The minimum Gasteiger partial charge on any atom is -0.493 e. The molecule has 0 atom stereocenters. The van der Waals surface area contributed by atoms with Gasteiger partial charge in [0.05, 0.1) is 24.2 Å². The summed E-state index contributed by atoms with van der Waals surface area (Å²) in [7, 11) is -2.41. The van der Waals surface area contributed by atoms with Gasteiger partial charge in [-0.15, -0.1) is 0 Å². The number of hydrogen-bond donors (Lipinski definition) is 1. The van der Waals surface area contributed by atoms with Gasteiger partial charge in [-0.3, -0.25) is 9.10 Å². The van der Waals surface area contributed by atoms with E-state index in [-0.39, 0.29) is 24.6 Å². The van der Waals surface area contributed by atoms with Crippen molar-refractivity contribution in [1.82, 2.24) is 5.32 Å². The van der Waals surface area contributed by atoms with Crippen molar-refractivity contribution in [3.8, 4) is 11.5 Å². The number of amides is 1. The van der Waals surface area contributed by atoms with Crippen LogP contribution in [-0.2, 0) is 14.8 Å². The molecular formula is C26H30N2O5S. The van der Waals surface area contributed by atoms with Gasteiger partial charge in [-0.2, -0.15) is 0 Å². The van der Waals surface area contributed by atoms with Crippen LogP contribution in [0.1, 0.15) is 16.7 Å². The third-order valence-electron chi connectivity index (χ3n) is 5.28. The zero-order chi connectivity index (χ0) is 24.7. The van der Waals surface area contributed by atoms with Crippen molar-refractivity contribution >= 4 is 21.6 Å². The van der Waals surface area contributed by atoms with E-state index in [1.165, 1.54) is 0 Å². The molecule has 180 valence electrons. The molecule has 0 radical (unpaired) electrons. The van der Waals surface area contributed by atoms with Crippen molar-refractivity contribution in [3.63, 3.8) is 0 Å². The summed E-state index contributed by atoms with van der Waals surface area (Å²) in [4.78, 5) is 12.9. The number of nitrogens with one attached hydrogen (secondary N) is 1. The van der Waals surface area contributed by atoms with Crippen molar-refractivity contribution in [3.05, 3.63) is 83.4 Å². The number of para-hydroxylation sites is 2. The van der Waals surface area contributed by atoms with Gasteiger partial charge in [-0.05, 0) is 62.2 Å². The Labute approximate surface area is 201 Å². The van der Waals surface area contributed by atoms with Gasteiger partial charge in [-0.25, -0.2) is 8.42 Å². The summed E-state index contributed by atoms with van der Waals surface area (Å²) in [6.07, 6.45) is 0. The summed E-state index contributed by atoms with van der Waals surface area (Å²) in [5.74, 6) is 0.734. The van der Waals surface area contributed by atoms with Crippen LogP contribution >= 0.6 is 0 Å². The van der Waals surface area contributed by atoms with E-state index in [9.17, 15) is 13.2 Å². The van der Waals surface area contributed by atoms with E-state index in [4.69, 9.17) is 9.47 Å². The maximum Gasteiger partial charge on any atom is 0.264 e. The summed E-state index contributed by atoms with van der Waals surface area (Å²) in [6, 6.07) is 19.4. The predicted octanol–water partition coefficient (Wildman–Crippen LogP) is 4.01. The molecule has 0 aliphatic rings. The number of anilines is 1. The molecule has 0 aliphatic heterocycles. The number of aryl methyl sites for hydroxylation is 3. The average molecular weight is 483 g/mol. The fourth-order valence-electron chi connectivity index (χ4n) is 3.40. The van der Waals surface area contributed by atoms with Crippen molar-refractivity contribution in [2.75, 3.05) is 31.1 Å². The number of ether oxygens (including phenoxy) is 2. The Hall–Kier alpha value is -3.52. The van der Waals surface area contributed by atoms with Crippen LogP contribution in [0.5, 0.6) is 11.5 Å². The molecule has 0 aromatic heterocycles. The molecule has 3 aromatic rings. The molecule has 0 unspecified atom stereocenters. The van der Waals surface area contributed by atoms with Crippen molar-refractivity contribution in [2.24, 2.45) is 0 Å². The standard InChI is InChI=1S/C26H30N2O5S/c1-19-10-13-22(14-11-19)34(30,31)28(23-17-20(2)9-12-21(23)3)18-26(29)27-15-16-33-25-8-6-5-7-24(25)32-4/h5-14,17H,15-16,18H2,1-4H3,(H,27,29). The molecule has 7 nitrogen and oxygen atoms in total. The van der Waals surface area contributed by atoms with Crippen molar-refractivity contribution in [2.45, 2.75) is 25.7 Å². The van der Waals surface area contributed by atoms with Gasteiger partial charge < -0.3 is 14.8 Å². The quantitative estimate of drug-likeness (QED) is 0.442. The first-order valence-electron chi connectivity index (χ1n) is 10.9. The molecule has 3 rings (SSSR count). The van der Waals surface area contributed by atoms with Gasteiger partial charge in [0.1, 0.15) is 13.2 Å². The summed E-state index contributed by atoms with van der Waals surface area (Å²) >= 11 is 0. The third-order valence-corrected chi connectivity index (χ3v) is 7.05. The number of nitrogens with zero attached hydrogens (tertiary/aromatic N) is 1. The van der Waals surface area contributed by atoms with E-state index in [0.29, 0.717) is 17.2 Å². The zero-order valence-electron chi connectivity index (χ0n) is 19.9. The predicted molar refractivity (Wildman–Crippen MR) is 133 cm³/mol. The molecule has 0 saturated heterocycles. The molecule has 0 aliphatic carbocycles. The molecular weight excluding hydrogens is 452 g/mol. The molecule has 0 bridgehead atoms. The lowest BCUT2D eigenvalue weighted by Gasteiger charge is -2.26. The van der Waals surface area contributed by atoms with Gasteiger partial charge in [-0.1, -0.05) is 42.0 Å². The van der Waals surface area contributed by atoms with Gasteiger partial charge >= 0.3 is 0 Å². The highest BCUT2D eigenvalue weighted by atomic mass is 32.2. The van der Waals surface area contributed by atoms with Crippen LogP contribution < -0.4 is 19.1 Å². The minimum absolute atomic E-state index is 0.131. The second kappa shape index (κ2) is 11.1. The molecule has 34 heavy (non-hydrogen) atoms. The lowest BCUT2D eigenvalue weighted by molar-refractivity contribution is -0.119. The third kappa shape index (κ3) is 6.08. The Morgan fingerprint density at radius 3 is 2.24 bits per heavy atom. The van der Waals surface area contributed by atoms with E-state index >= 15 is 0 Å². The van der Waals surface area contributed by atoms with E-state index < -0.39 is 15.9 Å². The van der Waals surface area contributed by atoms with Crippen LogP contribution in [0.25, 0.3) is 0 Å². The fraction of sp³-hybridized carbons (Fsp3) is 0.269. The number of benzene rings is 3. The largest absolute Gasteiger partial charge is 0.493 e. The molecule has 0 saturated carbocycles. The molecule has 0 fully saturated rings. The second-order valence-electron chi connectivity index (χ2n) is 7.96. The monoisotopic (exact) mass is 482 g/mol. The molecule has 1 amide bonds. The minimum atomic E-state index is -3.96. The van der Waals surface area contributed by atoms with Gasteiger partial charge in [0.25, 0.3) is 10.0 Å². The van der Waals surface area contributed by atoms with Crippen LogP contribution in [-0.4, -0.2) is 41.1 Å². The van der Waals surface area contributed by atoms with Crippen molar-refractivity contribution < 1.29 is 22.7 Å². The Bertz CT molecular complexity index is 1240. The van der Waals surface area contributed by atoms with Gasteiger partial charge in [0, 0.05) is 0 Å². The summed E-state index contributed by atoms with van der Waals surface area (Å²) in [5.41, 5.74) is 3.08. The Kier molecular flexibility index (Phi) is 8.17. The highest BCUT2D eigenvalue weighted by molar-refractivity contribution is 7.92. The molecule has 3 aromatic carbocycles. The van der Waals surface area contributed by atoms with E-state index in [1.807, 2.05) is 45.0 Å². The Morgan fingerprint density at radius 1 is 0.912 bits per heavy atom. The van der Waals surface area contributed by atoms with Crippen LogP contribution in [0.4, 0.5) is 5.69 Å². The van der Waals surface area contributed by atoms with Gasteiger partial charge in [0.15, 0.2) is 11.5 Å². The lowest BCUT2D eigenvalue weighted by Crippen LogP contribution is -2.42. The van der Waals surface area contributed by atoms with E-state index in [0.717, 1.165) is 21.0 Å². The first kappa shape index (κ1) is 25.1. The average Bonchev–Trinajstić information content (AvgIpc) is 2.82. The van der Waals surface area contributed by atoms with Crippen LogP contribution in [0, 0.1) is 20.8 Å². The van der Waals surface area contributed by atoms with E-state index in [1.54, 1.807) is 49.6 Å². The normalized spacial score (nSPS) is 11.1. The maximum atomic E-state index is 13.5. The summed E-state index contributed by atoms with van der Waals surface area (Å²) in [5, 5.41) is 2.75. The van der Waals surface area contributed by atoms with Crippen molar-refractivity contribution in [1.29, 1.82) is 0 Å². The second-order valence-corrected chi connectivity index (χ2v) is 9.83. The lowest BCUT2D eigenvalue weighted by atomic mass is 10.1. The topological polar surface area (TPSA) is 84.9 Å². The number of hydrogen-bond acceptors (Lipinski definition) is 5. The molecule has 1 N–H and O–H groups in total. The first-order chi connectivity index (χ1) is 16.2. The SMILES string of the molecule is COc1ccccc1OCCNC(=O)CN(c1cc(C)ccc1C)S(=O)(=O)c1ccc(C)cc1. The summed E-state index contributed by atoms with van der Waals surface area (Å²) < 4.78 is 39.2. The highest BCUT2D eigenvalue weighted by Gasteiger charge is 2.28. The highest BCUT2D eigenvalue weighted by Crippen LogP contribution is 2.28. The maximum absolute atomic E-state index is 13.5. The Morgan fingerprint density at radius 2 is 1.56 bits per heavy atom. The smallest absolute Gasteiger partial charge is 0.264 e. The number of methoxy groups -OCH3 is 1. The summed E-state index contributed by atoms with van der Waals surface area (Å²) in [6.45, 7) is 5.66. The molecule has 8 heteroatoms. The first-order valence-corrected chi connectivity index (χ1v) is 12.4. The van der Waals surface area contributed by atoms with E-state index in [2.05, 4.69) is 5.32 Å². The molecule has 0 heterocycles. The number of carbonyl (C=O) groups is 1. The fourth-order valence-corrected chi connectivity index (χ4v) is 4.88. The number of carbonyl (C=O) groups excluding carboxylic acids is 1. The Balaban J connectivity index is 1.75. The zero-order valence-corrected chi connectivity index (χ0v) is 20.7. The van der Waals surface area contributed by atoms with Gasteiger partial charge in [0.2, 0.25) is 5.91 Å². The molecule has 0 spiro atoms. The van der Waals surface area contributed by atoms with Crippen LogP contribution in [0.2, 0.25) is 0 Å².